The number of carbonyl (C=O) groups is 2. The third-order valence-corrected chi connectivity index (χ3v) is 8.43. The van der Waals surface area contributed by atoms with Gasteiger partial charge >= 0.3 is 0 Å². The van der Waals surface area contributed by atoms with E-state index in [1.54, 1.807) is 6.08 Å². The molecule has 0 aromatic heterocycles. The summed E-state index contributed by atoms with van der Waals surface area (Å²) in [6.45, 7) is 6.55. The second-order valence-corrected chi connectivity index (χ2v) is 9.23. The number of allylic oxidation sites excluding steroid dienone is 2. The number of ether oxygens (including phenoxy) is 1. The standard InChI is InChI=1S/C20H24O4/c1-16(2)14-6-7-17(3)18(14)8-4-13(22)11-19(16,18)15-10-12(21)5-9-20(15,23)24-17/h5,9-10,14,23H,4,6-8,11H2,1-3H3/t14-,17-,18+,19+,20+/m0/s1. The molecule has 0 amide bonds. The molecule has 0 aromatic carbocycles. The van der Waals surface area contributed by atoms with Crippen LogP contribution in [0, 0.1) is 22.2 Å². The number of aliphatic hydroxyl groups is 1. The quantitative estimate of drug-likeness (QED) is 0.742. The Labute approximate surface area is 141 Å². The van der Waals surface area contributed by atoms with Crippen molar-refractivity contribution in [2.45, 2.75) is 64.3 Å². The van der Waals surface area contributed by atoms with Crippen LogP contribution in [0.4, 0.5) is 0 Å². The van der Waals surface area contributed by atoms with Gasteiger partial charge in [0.2, 0.25) is 5.79 Å². The lowest BCUT2D eigenvalue weighted by Crippen LogP contribution is -2.82. The molecule has 24 heavy (non-hydrogen) atoms. The van der Waals surface area contributed by atoms with Gasteiger partial charge in [-0.3, -0.25) is 9.59 Å². The van der Waals surface area contributed by atoms with Crippen molar-refractivity contribution < 1.29 is 19.4 Å². The molecule has 5 atom stereocenters. The third-order valence-electron chi connectivity index (χ3n) is 8.43. The van der Waals surface area contributed by atoms with E-state index in [-0.39, 0.29) is 22.4 Å². The number of Topliss-reactive ketones (excluding diaryl/α,β-unsaturated/α-hetero) is 1. The molecule has 3 saturated carbocycles. The van der Waals surface area contributed by atoms with E-state index in [4.69, 9.17) is 4.74 Å². The highest BCUT2D eigenvalue weighted by Crippen LogP contribution is 2.88. The number of rotatable bonds is 0. The van der Waals surface area contributed by atoms with Crippen molar-refractivity contribution >= 4 is 11.6 Å². The number of hydrogen-bond acceptors (Lipinski definition) is 4. The van der Waals surface area contributed by atoms with Gasteiger partial charge in [0, 0.05) is 29.2 Å². The van der Waals surface area contributed by atoms with Crippen LogP contribution in [0.3, 0.4) is 0 Å². The monoisotopic (exact) mass is 328 g/mol. The highest BCUT2D eigenvalue weighted by Gasteiger charge is 2.88. The van der Waals surface area contributed by atoms with Crippen LogP contribution in [0.5, 0.6) is 0 Å². The van der Waals surface area contributed by atoms with Gasteiger partial charge in [0.05, 0.1) is 5.60 Å². The van der Waals surface area contributed by atoms with Gasteiger partial charge in [-0.15, -0.1) is 0 Å². The summed E-state index contributed by atoms with van der Waals surface area (Å²) in [5.41, 5.74) is -0.559. The van der Waals surface area contributed by atoms with Gasteiger partial charge in [-0.2, -0.15) is 0 Å². The molecule has 5 rings (SSSR count). The smallest absolute Gasteiger partial charge is 0.210 e. The summed E-state index contributed by atoms with van der Waals surface area (Å²) in [5, 5.41) is 11.3. The highest BCUT2D eigenvalue weighted by molar-refractivity contribution is 6.02. The molecule has 5 aliphatic rings. The van der Waals surface area contributed by atoms with Gasteiger partial charge < -0.3 is 9.84 Å². The summed E-state index contributed by atoms with van der Waals surface area (Å²) < 4.78 is 6.36. The molecule has 1 heterocycles. The fourth-order valence-electron chi connectivity index (χ4n) is 7.80. The average Bonchev–Trinajstić information content (AvgIpc) is 2.77. The zero-order valence-electron chi connectivity index (χ0n) is 14.5. The number of hydrogen-bond donors (Lipinski definition) is 1. The minimum Gasteiger partial charge on any atom is -0.359 e. The largest absolute Gasteiger partial charge is 0.359 e. The minimum atomic E-state index is -1.56. The second-order valence-electron chi connectivity index (χ2n) is 9.23. The van der Waals surface area contributed by atoms with E-state index in [2.05, 4.69) is 20.8 Å². The average molecular weight is 328 g/mol. The Hall–Kier alpha value is -1.26. The zero-order valence-corrected chi connectivity index (χ0v) is 14.5. The van der Waals surface area contributed by atoms with Crippen LogP contribution in [0.15, 0.2) is 23.8 Å². The fourth-order valence-corrected chi connectivity index (χ4v) is 7.80. The molecule has 4 aliphatic carbocycles. The Bertz CT molecular complexity index is 762. The SMILES string of the molecule is CC1(C)[C@@H]2CC[C@]3(C)O[C@]4(O)C=CC(=O)C=C4[C@]14CC(=O)CC[C@@]234. The molecule has 4 nitrogen and oxygen atoms in total. The van der Waals surface area contributed by atoms with E-state index in [1.807, 2.05) is 0 Å². The summed E-state index contributed by atoms with van der Waals surface area (Å²) in [6, 6.07) is 0. The van der Waals surface area contributed by atoms with Crippen LogP contribution in [0.25, 0.3) is 0 Å². The maximum Gasteiger partial charge on any atom is 0.210 e. The Balaban J connectivity index is 1.85. The lowest BCUT2D eigenvalue weighted by atomic mass is 9.24. The van der Waals surface area contributed by atoms with Crippen molar-refractivity contribution in [2.24, 2.45) is 22.2 Å². The molecule has 1 spiro atoms. The van der Waals surface area contributed by atoms with Crippen LogP contribution in [-0.4, -0.2) is 28.1 Å². The maximum absolute atomic E-state index is 12.5. The lowest BCUT2D eigenvalue weighted by Gasteiger charge is -2.81. The molecule has 0 radical (unpaired) electrons. The molecular weight excluding hydrogens is 304 g/mol. The van der Waals surface area contributed by atoms with Crippen molar-refractivity contribution in [1.82, 2.24) is 0 Å². The number of ketones is 2. The van der Waals surface area contributed by atoms with E-state index in [0.29, 0.717) is 24.3 Å². The Morgan fingerprint density at radius 2 is 1.96 bits per heavy atom. The predicted octanol–water partition coefficient (Wildman–Crippen LogP) is 2.70. The van der Waals surface area contributed by atoms with E-state index in [9.17, 15) is 14.7 Å². The summed E-state index contributed by atoms with van der Waals surface area (Å²) >= 11 is 0. The van der Waals surface area contributed by atoms with Crippen molar-refractivity contribution in [1.29, 1.82) is 0 Å². The number of fused-ring (bicyclic) bond motifs is 1. The number of carbonyl (C=O) groups excluding carboxylic acids is 2. The fraction of sp³-hybridized carbons (Fsp3) is 0.700. The Morgan fingerprint density at radius 1 is 1.21 bits per heavy atom. The van der Waals surface area contributed by atoms with Gasteiger partial charge in [0.15, 0.2) is 5.78 Å². The van der Waals surface area contributed by atoms with E-state index in [1.165, 1.54) is 12.2 Å². The van der Waals surface area contributed by atoms with Crippen LogP contribution in [-0.2, 0) is 14.3 Å². The molecule has 128 valence electrons. The van der Waals surface area contributed by atoms with Crippen molar-refractivity contribution in [3.63, 3.8) is 0 Å². The summed E-state index contributed by atoms with van der Waals surface area (Å²) in [4.78, 5) is 24.7. The molecule has 4 heteroatoms. The van der Waals surface area contributed by atoms with Crippen molar-refractivity contribution in [2.75, 3.05) is 0 Å². The normalized spacial score (nSPS) is 53.7. The molecule has 1 saturated heterocycles. The van der Waals surface area contributed by atoms with Gasteiger partial charge in [0.1, 0.15) is 5.78 Å². The van der Waals surface area contributed by atoms with E-state index in [0.717, 1.165) is 19.3 Å². The molecule has 0 aromatic rings. The molecule has 1 aliphatic heterocycles. The van der Waals surface area contributed by atoms with Crippen LogP contribution >= 0.6 is 0 Å². The first-order valence-electron chi connectivity index (χ1n) is 9.03. The zero-order chi connectivity index (χ0) is 17.2. The van der Waals surface area contributed by atoms with Crippen molar-refractivity contribution in [3.05, 3.63) is 23.8 Å². The van der Waals surface area contributed by atoms with Gasteiger partial charge in [0.25, 0.3) is 0 Å². The first kappa shape index (κ1) is 15.0. The van der Waals surface area contributed by atoms with Crippen molar-refractivity contribution in [3.8, 4) is 0 Å². The first-order valence-corrected chi connectivity index (χ1v) is 9.03. The van der Waals surface area contributed by atoms with Gasteiger partial charge in [-0.1, -0.05) is 13.8 Å². The first-order chi connectivity index (χ1) is 11.1. The van der Waals surface area contributed by atoms with Gasteiger partial charge in [-0.25, -0.2) is 0 Å². The summed E-state index contributed by atoms with van der Waals surface area (Å²) in [7, 11) is 0. The van der Waals surface area contributed by atoms with Gasteiger partial charge in [-0.05, 0) is 55.7 Å². The molecule has 0 bridgehead atoms. The second kappa shape index (κ2) is 3.78. The summed E-state index contributed by atoms with van der Waals surface area (Å²) in [6.07, 6.45) is 8.20. The summed E-state index contributed by atoms with van der Waals surface area (Å²) in [5.74, 6) is -0.971. The van der Waals surface area contributed by atoms with Crippen LogP contribution < -0.4 is 0 Å². The highest BCUT2D eigenvalue weighted by atomic mass is 16.6. The molecule has 0 unspecified atom stereocenters. The minimum absolute atomic E-state index is 0.123. The van der Waals surface area contributed by atoms with E-state index < -0.39 is 16.8 Å². The molecule has 4 fully saturated rings. The predicted molar refractivity (Wildman–Crippen MR) is 86.9 cm³/mol. The lowest BCUT2D eigenvalue weighted by molar-refractivity contribution is -0.384. The maximum atomic E-state index is 12.5. The molecule has 1 N–H and O–H groups in total. The Morgan fingerprint density at radius 3 is 2.71 bits per heavy atom. The van der Waals surface area contributed by atoms with Crippen LogP contribution in [0.2, 0.25) is 0 Å². The van der Waals surface area contributed by atoms with Crippen LogP contribution in [0.1, 0.15) is 52.9 Å². The molecular formula is C20H24O4. The topological polar surface area (TPSA) is 63.6 Å². The third kappa shape index (κ3) is 1.18. The van der Waals surface area contributed by atoms with E-state index >= 15 is 0 Å². The Kier molecular flexibility index (Phi) is 2.37.